The average Bonchev–Trinajstić information content (AvgIpc) is 3.36. The fourth-order valence-corrected chi connectivity index (χ4v) is 5.37. The Bertz CT molecular complexity index is 1190. The van der Waals surface area contributed by atoms with Gasteiger partial charge in [0, 0.05) is 30.0 Å². The number of allylic oxidation sites excluding steroid dienone is 1. The molecule has 1 aromatic carbocycles. The smallest absolute Gasteiger partial charge is 0.419 e. The van der Waals surface area contributed by atoms with Crippen LogP contribution in [0.3, 0.4) is 0 Å². The Morgan fingerprint density at radius 3 is 2.43 bits per heavy atom. The maximum atomic E-state index is 13.7. The summed E-state index contributed by atoms with van der Waals surface area (Å²) in [6.45, 7) is 3.86. The molecule has 4 rings (SSSR count). The fraction of sp³-hybridized carbons (Fsp3) is 0.417. The van der Waals surface area contributed by atoms with Crippen molar-refractivity contribution in [3.05, 3.63) is 58.8 Å². The lowest BCUT2D eigenvalue weighted by Crippen LogP contribution is -2.48. The summed E-state index contributed by atoms with van der Waals surface area (Å²) >= 11 is 0. The van der Waals surface area contributed by atoms with E-state index in [2.05, 4.69) is 20.6 Å². The molecule has 2 aromatic rings. The molecule has 2 saturated carbocycles. The van der Waals surface area contributed by atoms with Gasteiger partial charge in [-0.1, -0.05) is 11.1 Å². The van der Waals surface area contributed by atoms with Gasteiger partial charge in [0.25, 0.3) is 5.91 Å². The lowest BCUT2D eigenvalue weighted by atomic mass is 9.83. The number of amides is 2. The normalized spacial score (nSPS) is 23.2. The minimum absolute atomic E-state index is 0.0302. The average molecular weight is 492 g/mol. The first-order chi connectivity index (χ1) is 16.5. The van der Waals surface area contributed by atoms with Gasteiger partial charge in [0.15, 0.2) is 5.69 Å². The molecule has 4 atom stereocenters. The summed E-state index contributed by atoms with van der Waals surface area (Å²) in [5.41, 5.74) is 0.421. The molecule has 0 spiro atoms. The molecule has 2 unspecified atom stereocenters. The van der Waals surface area contributed by atoms with Crippen molar-refractivity contribution in [2.24, 2.45) is 17.8 Å². The molecule has 11 heteroatoms. The van der Waals surface area contributed by atoms with Gasteiger partial charge < -0.3 is 15.4 Å². The number of hydrogen-bond donors (Lipinski definition) is 2. The third-order valence-electron chi connectivity index (χ3n) is 6.63. The van der Waals surface area contributed by atoms with Crippen LogP contribution in [0.5, 0.6) is 5.88 Å². The largest absolute Gasteiger partial charge is 0.479 e. The number of nitrogens with one attached hydrogen (secondary N) is 2. The van der Waals surface area contributed by atoms with Crippen molar-refractivity contribution < 1.29 is 31.9 Å². The number of fused-ring (bicyclic) bond motifs is 2. The van der Waals surface area contributed by atoms with Crippen LogP contribution >= 0.6 is 0 Å². The molecule has 35 heavy (non-hydrogen) atoms. The van der Waals surface area contributed by atoms with Gasteiger partial charge >= 0.3 is 6.18 Å². The molecular formula is C24H24F4N4O3. The second-order valence-electron chi connectivity index (χ2n) is 8.87. The van der Waals surface area contributed by atoms with E-state index in [0.717, 1.165) is 23.6 Å². The van der Waals surface area contributed by atoms with Gasteiger partial charge in [-0.05, 0) is 50.8 Å². The molecule has 2 N–H and O–H groups in total. The van der Waals surface area contributed by atoms with Crippen molar-refractivity contribution in [3.8, 4) is 5.88 Å². The Labute approximate surface area is 199 Å². The predicted octanol–water partition coefficient (Wildman–Crippen LogP) is 4.37. The summed E-state index contributed by atoms with van der Waals surface area (Å²) in [5.74, 6) is -3.53. The molecule has 2 amide bonds. The molecule has 7 nitrogen and oxygen atoms in total. The Kier molecular flexibility index (Phi) is 6.52. The second-order valence-corrected chi connectivity index (χ2v) is 8.87. The van der Waals surface area contributed by atoms with Crippen LogP contribution < -0.4 is 15.4 Å². The van der Waals surface area contributed by atoms with E-state index < -0.39 is 41.3 Å². The molecule has 0 saturated heterocycles. The summed E-state index contributed by atoms with van der Waals surface area (Å²) in [5, 5.41) is 5.39. The van der Waals surface area contributed by atoms with E-state index in [1.807, 2.05) is 13.8 Å². The molecule has 2 bridgehead atoms. The van der Waals surface area contributed by atoms with Crippen LogP contribution in [0.1, 0.15) is 42.7 Å². The van der Waals surface area contributed by atoms with E-state index in [9.17, 15) is 27.2 Å². The highest BCUT2D eigenvalue weighted by atomic mass is 19.4. The topological polar surface area (TPSA) is 93.2 Å². The van der Waals surface area contributed by atoms with Gasteiger partial charge in [-0.15, -0.1) is 0 Å². The highest BCUT2D eigenvalue weighted by Crippen LogP contribution is 2.54. The van der Waals surface area contributed by atoms with Crippen molar-refractivity contribution in [2.45, 2.75) is 38.9 Å². The molecular weight excluding hydrogens is 468 g/mol. The minimum atomic E-state index is -4.90. The molecule has 2 aliphatic carbocycles. The van der Waals surface area contributed by atoms with E-state index in [-0.39, 0.29) is 29.1 Å². The lowest BCUT2D eigenvalue weighted by Gasteiger charge is -2.30. The summed E-state index contributed by atoms with van der Waals surface area (Å²) in [7, 11) is 1.35. The molecule has 1 heterocycles. The number of rotatable bonds is 5. The third-order valence-corrected chi connectivity index (χ3v) is 6.63. The monoisotopic (exact) mass is 492 g/mol. The summed E-state index contributed by atoms with van der Waals surface area (Å²) < 4.78 is 58.2. The maximum Gasteiger partial charge on any atom is 0.419 e. The van der Waals surface area contributed by atoms with Crippen LogP contribution in [0.4, 0.5) is 23.2 Å². The van der Waals surface area contributed by atoms with Crippen LogP contribution in [0.25, 0.3) is 0 Å². The highest BCUT2D eigenvalue weighted by Gasteiger charge is 2.55. The van der Waals surface area contributed by atoms with Gasteiger partial charge in [0.1, 0.15) is 5.82 Å². The number of methoxy groups -OCH3 is 1. The number of halogens is 4. The molecule has 0 aliphatic heterocycles. The van der Waals surface area contributed by atoms with Crippen LogP contribution in [0.2, 0.25) is 0 Å². The zero-order valence-electron chi connectivity index (χ0n) is 19.2. The Morgan fingerprint density at radius 1 is 1.09 bits per heavy atom. The van der Waals surface area contributed by atoms with Crippen molar-refractivity contribution >= 4 is 17.5 Å². The first-order valence-corrected chi connectivity index (χ1v) is 11.0. The number of carbonyl (C=O) groups is 2. The van der Waals surface area contributed by atoms with Gasteiger partial charge in [0.05, 0.1) is 18.6 Å². The quantitative estimate of drug-likeness (QED) is 0.478. The summed E-state index contributed by atoms with van der Waals surface area (Å²) in [4.78, 5) is 34.4. The van der Waals surface area contributed by atoms with Gasteiger partial charge in [0.2, 0.25) is 11.8 Å². The first kappa shape index (κ1) is 24.6. The standard InChI is InChI=1S/C24H24F4N4O3/c1-11(2)17-13-5-6-14(17)19(32-22(34)20-23(35-3)30-9-8-29-20)18(13)21(33)31-12-4-7-16(25)15(10-12)24(26,27)28/h4,7-10,13-14,18-19H,5-6H2,1-3H3,(H,31,33)(H,32,34)/t13?,14?,18-,19+/m0/s1. The number of alkyl halides is 3. The van der Waals surface area contributed by atoms with Gasteiger partial charge in [-0.2, -0.15) is 13.2 Å². The number of aromatic nitrogens is 2. The molecule has 2 aliphatic rings. The predicted molar refractivity (Wildman–Crippen MR) is 118 cm³/mol. The number of benzene rings is 1. The zero-order chi connectivity index (χ0) is 25.5. The van der Waals surface area contributed by atoms with Crippen LogP contribution in [-0.2, 0) is 11.0 Å². The van der Waals surface area contributed by atoms with Gasteiger partial charge in [-0.25, -0.2) is 14.4 Å². The molecule has 0 radical (unpaired) electrons. The number of ether oxygens (including phenoxy) is 1. The Morgan fingerprint density at radius 2 is 1.77 bits per heavy atom. The second kappa shape index (κ2) is 9.27. The van der Waals surface area contributed by atoms with Gasteiger partial charge in [-0.3, -0.25) is 9.59 Å². The molecule has 2 fully saturated rings. The fourth-order valence-electron chi connectivity index (χ4n) is 5.37. The number of hydrogen-bond acceptors (Lipinski definition) is 5. The Balaban J connectivity index is 1.64. The number of carbonyl (C=O) groups excluding carboxylic acids is 2. The van der Waals surface area contributed by atoms with Crippen molar-refractivity contribution in [1.82, 2.24) is 15.3 Å². The zero-order valence-corrected chi connectivity index (χ0v) is 19.2. The van der Waals surface area contributed by atoms with E-state index in [1.54, 1.807) is 0 Å². The highest BCUT2D eigenvalue weighted by molar-refractivity contribution is 5.97. The van der Waals surface area contributed by atoms with Crippen LogP contribution in [0.15, 0.2) is 41.7 Å². The summed E-state index contributed by atoms with van der Waals surface area (Å²) in [6.07, 6.45) is -0.717. The van der Waals surface area contributed by atoms with E-state index in [4.69, 9.17) is 4.74 Å². The van der Waals surface area contributed by atoms with Crippen LogP contribution in [0, 0.1) is 23.6 Å². The van der Waals surface area contributed by atoms with Crippen molar-refractivity contribution in [3.63, 3.8) is 0 Å². The first-order valence-electron chi connectivity index (χ1n) is 11.0. The minimum Gasteiger partial charge on any atom is -0.479 e. The molecule has 1 aromatic heterocycles. The van der Waals surface area contributed by atoms with Crippen molar-refractivity contribution in [1.29, 1.82) is 0 Å². The summed E-state index contributed by atoms with van der Waals surface area (Å²) in [6, 6.07) is 1.70. The maximum absolute atomic E-state index is 13.7. The SMILES string of the molecule is COc1nccnc1C(=O)N[C@@H]1C2CCC(C2=C(C)C)[C@@H]1C(=O)Nc1ccc(F)c(C(F)(F)F)c1. The number of nitrogens with zero attached hydrogens (tertiary/aromatic N) is 2. The van der Waals surface area contributed by atoms with E-state index in [1.165, 1.54) is 19.5 Å². The van der Waals surface area contributed by atoms with Crippen LogP contribution in [-0.4, -0.2) is 34.9 Å². The molecule has 186 valence electrons. The van der Waals surface area contributed by atoms with E-state index in [0.29, 0.717) is 18.6 Å². The lowest BCUT2D eigenvalue weighted by molar-refractivity contribution is -0.140. The van der Waals surface area contributed by atoms with E-state index >= 15 is 0 Å². The van der Waals surface area contributed by atoms with Crippen molar-refractivity contribution in [2.75, 3.05) is 12.4 Å². The number of anilines is 1. The third kappa shape index (κ3) is 4.59. The Hall–Kier alpha value is -3.50.